The molecule has 0 amide bonds. The first-order valence-electron chi connectivity index (χ1n) is 26.7. The smallest absolute Gasteiger partial charge is 0.264 e. The van der Waals surface area contributed by atoms with Gasteiger partial charge in [0.1, 0.15) is 11.2 Å². The van der Waals surface area contributed by atoms with E-state index in [1.165, 1.54) is 123 Å². The summed E-state index contributed by atoms with van der Waals surface area (Å²) in [6.45, 7) is 25.9. The summed E-state index contributed by atoms with van der Waals surface area (Å²) in [4.78, 5) is 5.35. The Bertz CT molecular complexity index is 3980. The van der Waals surface area contributed by atoms with Gasteiger partial charge in [0.2, 0.25) is 0 Å². The zero-order valence-corrected chi connectivity index (χ0v) is 45.1. The van der Waals surface area contributed by atoms with Gasteiger partial charge in [0.15, 0.2) is 0 Å². The van der Waals surface area contributed by atoms with E-state index in [-0.39, 0.29) is 28.4 Å². The topological polar surface area (TPSA) is 19.6 Å². The van der Waals surface area contributed by atoms with E-state index in [4.69, 9.17) is 4.42 Å². The third kappa shape index (κ3) is 6.49. The summed E-state index contributed by atoms with van der Waals surface area (Å²) >= 11 is 2.00. The van der Waals surface area contributed by atoms with Crippen LogP contribution in [0.2, 0.25) is 0 Å². The van der Waals surface area contributed by atoms with Gasteiger partial charge in [0, 0.05) is 65.1 Å². The van der Waals surface area contributed by atoms with Crippen molar-refractivity contribution in [3.8, 4) is 22.3 Å². The predicted molar refractivity (Wildman–Crippen MR) is 314 cm³/mol. The van der Waals surface area contributed by atoms with E-state index in [1.54, 1.807) is 11.1 Å². The van der Waals surface area contributed by atoms with Crippen LogP contribution in [0.25, 0.3) is 54.3 Å². The van der Waals surface area contributed by atoms with Crippen LogP contribution in [0.5, 0.6) is 0 Å². The van der Waals surface area contributed by atoms with Crippen LogP contribution in [0.3, 0.4) is 0 Å². The first-order valence-corrected chi connectivity index (χ1v) is 27.5. The van der Waals surface area contributed by atoms with Crippen molar-refractivity contribution in [2.45, 2.75) is 117 Å². The minimum Gasteiger partial charge on any atom is -0.456 e. The molecule has 5 heteroatoms. The molecule has 0 fully saturated rings. The maximum Gasteiger partial charge on any atom is 0.264 e. The SMILES string of the molecule is CC(C)(C)c1ccc(N2c3cc(-c4ccc5oc6ccccc6c5c4)cc4c3B(c3ccc5c(c32)-c2ccc3c(c2C5(C)C)CCC3)c2sc3ccc(C(C)(C)C)cc3c2N4c2ccc(C(C)(C)C)cc2)cc1. The first-order chi connectivity index (χ1) is 34.8. The van der Waals surface area contributed by atoms with Crippen LogP contribution in [0.1, 0.15) is 122 Å². The number of fused-ring (bicyclic) bond motifs is 15. The van der Waals surface area contributed by atoms with Gasteiger partial charge in [0.05, 0.1) is 5.69 Å². The van der Waals surface area contributed by atoms with Crippen LogP contribution in [0, 0.1) is 0 Å². The maximum atomic E-state index is 6.46. The summed E-state index contributed by atoms with van der Waals surface area (Å²) in [7, 11) is 0. The van der Waals surface area contributed by atoms with E-state index in [2.05, 4.69) is 232 Å². The Balaban J connectivity index is 1.14. The lowest BCUT2D eigenvalue weighted by atomic mass is 9.36. The molecule has 2 aromatic heterocycles. The largest absolute Gasteiger partial charge is 0.456 e. The van der Waals surface area contributed by atoms with Crippen molar-refractivity contribution in [2.75, 3.05) is 9.80 Å². The van der Waals surface area contributed by atoms with Crippen molar-refractivity contribution in [3.05, 3.63) is 185 Å². The average molecular weight is 967 g/mol. The molecule has 4 aliphatic rings. The Labute approximate surface area is 435 Å². The van der Waals surface area contributed by atoms with Crippen LogP contribution in [0.4, 0.5) is 34.1 Å². The Morgan fingerprint density at radius 3 is 1.85 bits per heavy atom. The number of nitrogens with zero attached hydrogens (tertiary/aromatic N) is 2. The van der Waals surface area contributed by atoms with Gasteiger partial charge in [-0.2, -0.15) is 0 Å². The molecule has 10 aromatic rings. The van der Waals surface area contributed by atoms with Gasteiger partial charge in [-0.1, -0.05) is 155 Å². The van der Waals surface area contributed by atoms with E-state index in [9.17, 15) is 0 Å². The van der Waals surface area contributed by atoms with E-state index < -0.39 is 0 Å². The van der Waals surface area contributed by atoms with Crippen molar-refractivity contribution >= 4 is 99.9 Å². The van der Waals surface area contributed by atoms with Crippen molar-refractivity contribution in [2.24, 2.45) is 0 Å². The highest BCUT2D eigenvalue weighted by Crippen LogP contribution is 2.58. The zero-order valence-electron chi connectivity index (χ0n) is 44.3. The van der Waals surface area contributed by atoms with Gasteiger partial charge in [-0.25, -0.2) is 0 Å². The Hall–Kier alpha value is -6.82. The molecule has 73 heavy (non-hydrogen) atoms. The number of benzene rings is 8. The molecule has 2 aliphatic carbocycles. The van der Waals surface area contributed by atoms with Crippen molar-refractivity contribution in [1.29, 1.82) is 0 Å². The molecule has 0 radical (unpaired) electrons. The van der Waals surface area contributed by atoms with Crippen molar-refractivity contribution in [1.82, 2.24) is 0 Å². The highest BCUT2D eigenvalue weighted by molar-refractivity contribution is 7.33. The van der Waals surface area contributed by atoms with Gasteiger partial charge < -0.3 is 14.2 Å². The van der Waals surface area contributed by atoms with Crippen LogP contribution in [-0.4, -0.2) is 6.71 Å². The molecule has 0 atom stereocenters. The fourth-order valence-corrected chi connectivity index (χ4v) is 14.7. The number of aryl methyl sites for hydroxylation is 1. The summed E-state index contributed by atoms with van der Waals surface area (Å²) in [6.07, 6.45) is 3.55. The second kappa shape index (κ2) is 15.1. The van der Waals surface area contributed by atoms with Gasteiger partial charge in [0.25, 0.3) is 6.71 Å². The Morgan fingerprint density at radius 2 is 1.18 bits per heavy atom. The highest BCUT2D eigenvalue weighted by atomic mass is 32.1. The number of hydrogen-bond acceptors (Lipinski definition) is 4. The van der Waals surface area contributed by atoms with E-state index in [0.717, 1.165) is 28.4 Å². The van der Waals surface area contributed by atoms with Crippen LogP contribution in [0.15, 0.2) is 150 Å². The predicted octanol–water partition coefficient (Wildman–Crippen LogP) is 17.2. The summed E-state index contributed by atoms with van der Waals surface area (Å²) in [5.74, 6) is 0. The number of hydrogen-bond donors (Lipinski definition) is 0. The number of furan rings is 1. The van der Waals surface area contributed by atoms with Gasteiger partial charge >= 0.3 is 0 Å². The lowest BCUT2D eigenvalue weighted by Crippen LogP contribution is -2.60. The van der Waals surface area contributed by atoms with Crippen molar-refractivity contribution < 1.29 is 4.42 Å². The third-order valence-corrected chi connectivity index (χ3v) is 18.5. The normalized spacial score (nSPS) is 15.5. The number of rotatable bonds is 3. The van der Waals surface area contributed by atoms with E-state index >= 15 is 0 Å². The lowest BCUT2D eigenvalue weighted by Gasteiger charge is -2.44. The summed E-state index contributed by atoms with van der Waals surface area (Å²) < 4.78 is 9.19. The molecule has 0 saturated carbocycles. The number of thiophene rings is 1. The average Bonchev–Trinajstić information content (AvgIpc) is 4.14. The standard InChI is InChI=1S/C68H63BN2OS/c1-65(2,3)42-21-26-45(27-22-42)70-54-36-41(40-20-33-57-50(35-40)48-16-12-13-18-56(48)72-57)37-55-61(54)69(64-62(70)51-38-44(67(7,8)9)25-34-58(51)73-64)53-32-31-52-59(49-30-19-39-15-14-17-47(39)60(49)68(52,10)11)63(53)71(55)46-28-23-43(24-29-46)66(4,5)6/h12-13,16,18-38H,14-15,17H2,1-11H3. The van der Waals surface area contributed by atoms with Gasteiger partial charge in [-0.05, 0) is 169 Å². The fraction of sp³-hybridized carbons (Fsp3) is 0.265. The molecule has 0 spiro atoms. The minimum absolute atomic E-state index is 0.0104. The van der Waals surface area contributed by atoms with E-state index in [1.807, 2.05) is 11.3 Å². The second-order valence-corrected chi connectivity index (χ2v) is 26.3. The second-order valence-electron chi connectivity index (χ2n) is 25.2. The first kappa shape index (κ1) is 44.9. The van der Waals surface area contributed by atoms with Gasteiger partial charge in [-0.15, -0.1) is 11.3 Å². The van der Waals surface area contributed by atoms with Crippen LogP contribution < -0.4 is 25.5 Å². The molecular formula is C68H63BN2OS. The van der Waals surface area contributed by atoms with Crippen LogP contribution in [-0.2, 0) is 34.5 Å². The molecule has 3 nitrogen and oxygen atoms in total. The summed E-state index contributed by atoms with van der Waals surface area (Å²) in [5, 5.41) is 3.60. The Kier molecular flexibility index (Phi) is 9.30. The van der Waals surface area contributed by atoms with Crippen molar-refractivity contribution in [3.63, 3.8) is 0 Å². The minimum atomic E-state index is -0.151. The molecule has 8 aromatic carbocycles. The molecule has 0 bridgehead atoms. The molecule has 2 aliphatic heterocycles. The Morgan fingerprint density at radius 1 is 0.548 bits per heavy atom. The molecule has 0 saturated heterocycles. The molecule has 0 N–H and O–H groups in total. The van der Waals surface area contributed by atoms with Crippen LogP contribution >= 0.6 is 11.3 Å². The molecule has 14 rings (SSSR count). The fourth-order valence-electron chi connectivity index (χ4n) is 13.4. The number of para-hydroxylation sites is 1. The maximum absolute atomic E-state index is 6.46. The quantitative estimate of drug-likeness (QED) is 0.165. The molecule has 0 unspecified atom stereocenters. The molecule has 360 valence electrons. The number of anilines is 6. The monoisotopic (exact) mass is 966 g/mol. The summed E-state index contributed by atoms with van der Waals surface area (Å²) in [6, 6.07) is 56.8. The highest BCUT2D eigenvalue weighted by Gasteiger charge is 2.49. The third-order valence-electron chi connectivity index (χ3n) is 17.2. The molecular weight excluding hydrogens is 904 g/mol. The van der Waals surface area contributed by atoms with Gasteiger partial charge in [-0.3, -0.25) is 0 Å². The zero-order chi connectivity index (χ0) is 50.2. The van der Waals surface area contributed by atoms with E-state index in [0.29, 0.717) is 0 Å². The molecule has 4 heterocycles. The summed E-state index contributed by atoms with van der Waals surface area (Å²) in [5.41, 5.74) is 27.1. The lowest BCUT2D eigenvalue weighted by molar-refractivity contribution is 0.590.